The van der Waals surface area contributed by atoms with E-state index in [0.717, 1.165) is 10.4 Å². The van der Waals surface area contributed by atoms with Crippen molar-refractivity contribution >= 4 is 38.9 Å². The van der Waals surface area contributed by atoms with Gasteiger partial charge in [0.1, 0.15) is 0 Å². The highest BCUT2D eigenvalue weighted by molar-refractivity contribution is 7.89. The van der Waals surface area contributed by atoms with Crippen LogP contribution in [0.15, 0.2) is 41.3 Å². The molecule has 0 aliphatic heterocycles. The molecule has 8 heteroatoms. The molecule has 1 heterocycles. The number of benzene rings is 1. The number of aryl methyl sites for hydroxylation is 1. The molecule has 0 spiro atoms. The largest absolute Gasteiger partial charge is 0.351 e. The lowest BCUT2D eigenvalue weighted by Gasteiger charge is -2.06. The van der Waals surface area contributed by atoms with Gasteiger partial charge in [-0.3, -0.25) is 4.79 Å². The van der Waals surface area contributed by atoms with E-state index in [-0.39, 0.29) is 10.8 Å². The molecular formula is C15H17ClN2O3S2. The van der Waals surface area contributed by atoms with Gasteiger partial charge in [0.05, 0.1) is 15.8 Å². The standard InChI is InChI=1S/C15H17ClN2O3S2/c1-17-23(20,21)13-6-2-11(3-7-13)4-9-15(19)18-10-12-5-8-14(16)22-12/h2-3,5-8,17H,4,9-10H2,1H3,(H,18,19). The van der Waals surface area contributed by atoms with E-state index in [9.17, 15) is 13.2 Å². The molecule has 0 atom stereocenters. The lowest BCUT2D eigenvalue weighted by molar-refractivity contribution is -0.121. The van der Waals surface area contributed by atoms with Gasteiger partial charge in [-0.1, -0.05) is 23.7 Å². The molecule has 0 fully saturated rings. The molecule has 0 bridgehead atoms. The number of sulfonamides is 1. The summed E-state index contributed by atoms with van der Waals surface area (Å²) in [6, 6.07) is 10.2. The van der Waals surface area contributed by atoms with Crippen LogP contribution in [0.4, 0.5) is 0 Å². The third-order valence-corrected chi connectivity index (χ3v) is 5.89. The molecule has 0 radical (unpaired) electrons. The van der Waals surface area contributed by atoms with Gasteiger partial charge in [0.25, 0.3) is 0 Å². The summed E-state index contributed by atoms with van der Waals surface area (Å²) in [6.45, 7) is 0.468. The van der Waals surface area contributed by atoms with Crippen LogP contribution < -0.4 is 10.0 Å². The first-order valence-electron chi connectivity index (χ1n) is 6.94. The molecule has 124 valence electrons. The summed E-state index contributed by atoms with van der Waals surface area (Å²) in [6.07, 6.45) is 0.897. The predicted octanol–water partition coefficient (Wildman–Crippen LogP) is 2.56. The van der Waals surface area contributed by atoms with E-state index in [2.05, 4.69) is 10.0 Å². The van der Waals surface area contributed by atoms with Crippen molar-refractivity contribution in [3.05, 3.63) is 51.2 Å². The number of nitrogens with one attached hydrogen (secondary N) is 2. The van der Waals surface area contributed by atoms with Gasteiger partial charge in [0.2, 0.25) is 15.9 Å². The van der Waals surface area contributed by atoms with E-state index in [1.165, 1.54) is 30.5 Å². The van der Waals surface area contributed by atoms with Crippen molar-refractivity contribution in [3.8, 4) is 0 Å². The zero-order valence-corrected chi connectivity index (χ0v) is 14.9. The highest BCUT2D eigenvalue weighted by atomic mass is 35.5. The second-order valence-corrected chi connectivity index (χ2v) is 8.52. The SMILES string of the molecule is CNS(=O)(=O)c1ccc(CCC(=O)NCc2ccc(Cl)s2)cc1. The van der Waals surface area contributed by atoms with E-state index < -0.39 is 10.0 Å². The third-order valence-electron chi connectivity index (χ3n) is 3.23. The summed E-state index contributed by atoms with van der Waals surface area (Å²) in [4.78, 5) is 13.0. The van der Waals surface area contributed by atoms with Crippen LogP contribution in [0.25, 0.3) is 0 Å². The number of amides is 1. The van der Waals surface area contributed by atoms with Crippen LogP contribution in [0, 0.1) is 0 Å². The first-order valence-corrected chi connectivity index (χ1v) is 9.62. The zero-order chi connectivity index (χ0) is 16.9. The van der Waals surface area contributed by atoms with Gasteiger partial charge in [-0.15, -0.1) is 11.3 Å². The molecule has 0 saturated carbocycles. The Hall–Kier alpha value is -1.41. The smallest absolute Gasteiger partial charge is 0.240 e. The predicted molar refractivity (Wildman–Crippen MR) is 92.2 cm³/mol. The molecule has 0 aliphatic carbocycles. The van der Waals surface area contributed by atoms with Gasteiger partial charge in [-0.2, -0.15) is 0 Å². The van der Waals surface area contributed by atoms with Gasteiger partial charge in [-0.25, -0.2) is 13.1 Å². The fourth-order valence-electron chi connectivity index (χ4n) is 1.93. The van der Waals surface area contributed by atoms with Crippen molar-refractivity contribution in [2.75, 3.05) is 7.05 Å². The molecule has 0 unspecified atom stereocenters. The third kappa shape index (κ3) is 5.31. The van der Waals surface area contributed by atoms with Crippen molar-refractivity contribution in [1.29, 1.82) is 0 Å². The lowest BCUT2D eigenvalue weighted by Crippen LogP contribution is -2.22. The van der Waals surface area contributed by atoms with Gasteiger partial charge in [0, 0.05) is 11.3 Å². The number of carbonyl (C=O) groups is 1. The number of hydrogen-bond donors (Lipinski definition) is 2. The normalized spacial score (nSPS) is 11.4. The Labute approximate surface area is 144 Å². The van der Waals surface area contributed by atoms with E-state index in [1.807, 2.05) is 6.07 Å². The Balaban J connectivity index is 1.82. The Kier molecular flexibility index (Phi) is 6.17. The fourth-order valence-corrected chi connectivity index (χ4v) is 3.69. The molecule has 0 saturated heterocycles. The maximum atomic E-state index is 11.8. The minimum atomic E-state index is -3.42. The molecule has 1 amide bonds. The van der Waals surface area contributed by atoms with Crippen LogP contribution in [0.3, 0.4) is 0 Å². The first kappa shape index (κ1) is 17.9. The van der Waals surface area contributed by atoms with Crippen LogP contribution in [0.1, 0.15) is 16.9 Å². The van der Waals surface area contributed by atoms with E-state index >= 15 is 0 Å². The average molecular weight is 373 g/mol. The number of hydrogen-bond acceptors (Lipinski definition) is 4. The Bertz CT molecular complexity index is 770. The Morgan fingerprint density at radius 2 is 1.87 bits per heavy atom. The summed E-state index contributed by atoms with van der Waals surface area (Å²) in [7, 11) is -2.05. The molecule has 1 aromatic heterocycles. The Morgan fingerprint density at radius 3 is 2.43 bits per heavy atom. The topological polar surface area (TPSA) is 75.3 Å². The maximum absolute atomic E-state index is 11.8. The molecular weight excluding hydrogens is 356 g/mol. The number of rotatable bonds is 7. The van der Waals surface area contributed by atoms with Crippen LogP contribution in [-0.4, -0.2) is 21.4 Å². The van der Waals surface area contributed by atoms with Crippen LogP contribution in [-0.2, 0) is 27.8 Å². The highest BCUT2D eigenvalue weighted by Gasteiger charge is 2.10. The van der Waals surface area contributed by atoms with Crippen LogP contribution in [0.2, 0.25) is 4.34 Å². The summed E-state index contributed by atoms with van der Waals surface area (Å²) in [5.41, 5.74) is 0.911. The van der Waals surface area contributed by atoms with Gasteiger partial charge in [-0.05, 0) is 43.3 Å². The monoisotopic (exact) mass is 372 g/mol. The van der Waals surface area contributed by atoms with Crippen molar-refractivity contribution in [2.45, 2.75) is 24.3 Å². The van der Waals surface area contributed by atoms with E-state index in [1.54, 1.807) is 18.2 Å². The number of thiophene rings is 1. The van der Waals surface area contributed by atoms with Crippen molar-refractivity contribution in [3.63, 3.8) is 0 Å². The second kappa shape index (κ2) is 7.92. The quantitative estimate of drug-likeness (QED) is 0.784. The molecule has 2 rings (SSSR count). The Morgan fingerprint density at radius 1 is 1.17 bits per heavy atom. The summed E-state index contributed by atoms with van der Waals surface area (Å²) in [5, 5.41) is 2.83. The molecule has 2 N–H and O–H groups in total. The minimum absolute atomic E-state index is 0.0542. The van der Waals surface area contributed by atoms with Crippen LogP contribution in [0.5, 0.6) is 0 Å². The second-order valence-electron chi connectivity index (χ2n) is 4.83. The first-order chi connectivity index (χ1) is 10.9. The number of halogens is 1. The lowest BCUT2D eigenvalue weighted by atomic mass is 10.1. The summed E-state index contributed by atoms with van der Waals surface area (Å²) >= 11 is 7.27. The van der Waals surface area contributed by atoms with Crippen molar-refractivity contribution < 1.29 is 13.2 Å². The van der Waals surface area contributed by atoms with E-state index in [4.69, 9.17) is 11.6 Å². The maximum Gasteiger partial charge on any atom is 0.240 e. The fraction of sp³-hybridized carbons (Fsp3) is 0.267. The average Bonchev–Trinajstić information content (AvgIpc) is 2.97. The molecule has 1 aromatic carbocycles. The van der Waals surface area contributed by atoms with Gasteiger partial charge >= 0.3 is 0 Å². The number of carbonyl (C=O) groups excluding carboxylic acids is 1. The molecule has 2 aromatic rings. The van der Waals surface area contributed by atoms with E-state index in [0.29, 0.717) is 23.7 Å². The minimum Gasteiger partial charge on any atom is -0.351 e. The molecule has 5 nitrogen and oxygen atoms in total. The van der Waals surface area contributed by atoms with Crippen LogP contribution >= 0.6 is 22.9 Å². The highest BCUT2D eigenvalue weighted by Crippen LogP contribution is 2.21. The van der Waals surface area contributed by atoms with Gasteiger partial charge in [0.15, 0.2) is 0 Å². The molecule has 0 aliphatic rings. The summed E-state index contributed by atoms with van der Waals surface area (Å²) < 4.78 is 26.2. The van der Waals surface area contributed by atoms with Crippen molar-refractivity contribution in [1.82, 2.24) is 10.0 Å². The summed E-state index contributed by atoms with van der Waals surface area (Å²) in [5.74, 6) is -0.0542. The zero-order valence-electron chi connectivity index (χ0n) is 12.5. The van der Waals surface area contributed by atoms with Gasteiger partial charge < -0.3 is 5.32 Å². The molecule has 23 heavy (non-hydrogen) atoms. The van der Waals surface area contributed by atoms with Crippen molar-refractivity contribution in [2.24, 2.45) is 0 Å².